The molecule has 210 valence electrons. The van der Waals surface area contributed by atoms with Crippen molar-refractivity contribution >= 4 is 10.9 Å². The highest BCUT2D eigenvalue weighted by Crippen LogP contribution is 2.35. The van der Waals surface area contributed by atoms with Gasteiger partial charge in [-0.25, -0.2) is 4.68 Å². The smallest absolute Gasteiger partial charge is 0.253 e. The summed E-state index contributed by atoms with van der Waals surface area (Å²) < 4.78 is 7.66. The summed E-state index contributed by atoms with van der Waals surface area (Å²) in [5, 5.41) is 14.2. The largest absolute Gasteiger partial charge is 0.494 e. The van der Waals surface area contributed by atoms with Crippen LogP contribution in [0.3, 0.4) is 0 Å². The van der Waals surface area contributed by atoms with Crippen LogP contribution in [-0.4, -0.2) is 36.7 Å². The standard InChI is InChI=1S/C33H36N6O2/c1-3-41-28-17-14-25(15-18-28)22-38(21-24-9-5-4-6-10-24)31(32-35-36-37-39(32)27-11-7-8-12-27)29-20-26-16-13-23(2)19-30(26)34-33(29)40/h4-6,9-10,13-20,27,31H,3,7-8,11-12,21-22H2,1-2H3,(H,34,40)/t31-/m0/s1. The zero-order chi connectivity index (χ0) is 28.2. The number of H-pyrrole nitrogens is 1. The highest BCUT2D eigenvalue weighted by atomic mass is 16.5. The Labute approximate surface area is 240 Å². The van der Waals surface area contributed by atoms with Crippen molar-refractivity contribution < 1.29 is 4.74 Å². The Hall–Kier alpha value is -4.30. The second kappa shape index (κ2) is 12.1. The molecule has 0 unspecified atom stereocenters. The van der Waals surface area contributed by atoms with E-state index in [9.17, 15) is 4.79 Å². The van der Waals surface area contributed by atoms with Crippen LogP contribution in [0.4, 0.5) is 0 Å². The zero-order valence-electron chi connectivity index (χ0n) is 23.7. The third kappa shape index (κ3) is 5.93. The number of nitrogens with one attached hydrogen (secondary N) is 1. The molecule has 8 heteroatoms. The summed E-state index contributed by atoms with van der Waals surface area (Å²) in [6.45, 7) is 5.84. The number of benzene rings is 3. The molecule has 0 spiro atoms. The third-order valence-electron chi connectivity index (χ3n) is 7.97. The molecule has 1 saturated carbocycles. The quantitative estimate of drug-likeness (QED) is 0.226. The molecule has 1 fully saturated rings. The molecule has 1 atom stereocenters. The minimum atomic E-state index is -0.466. The molecule has 41 heavy (non-hydrogen) atoms. The number of pyridine rings is 1. The van der Waals surface area contributed by atoms with Crippen molar-refractivity contribution in [3.05, 3.63) is 117 Å². The molecule has 2 aromatic heterocycles. The van der Waals surface area contributed by atoms with E-state index in [1.807, 2.05) is 61.0 Å². The van der Waals surface area contributed by atoms with E-state index in [1.54, 1.807) is 0 Å². The van der Waals surface area contributed by atoms with Crippen LogP contribution in [0.25, 0.3) is 10.9 Å². The maximum atomic E-state index is 13.9. The van der Waals surface area contributed by atoms with Crippen molar-refractivity contribution in [2.45, 2.75) is 64.7 Å². The average molecular weight is 549 g/mol. The van der Waals surface area contributed by atoms with Gasteiger partial charge in [0.1, 0.15) is 11.8 Å². The topological polar surface area (TPSA) is 88.9 Å². The Kier molecular flexibility index (Phi) is 7.91. The molecule has 0 saturated heterocycles. The normalized spacial score (nSPS) is 14.6. The first-order chi connectivity index (χ1) is 20.1. The Bertz CT molecular complexity index is 1660. The lowest BCUT2D eigenvalue weighted by Crippen LogP contribution is -2.35. The van der Waals surface area contributed by atoms with Crippen molar-refractivity contribution in [1.82, 2.24) is 30.1 Å². The molecule has 6 rings (SSSR count). The number of aryl methyl sites for hydroxylation is 1. The summed E-state index contributed by atoms with van der Waals surface area (Å²) in [6.07, 6.45) is 4.39. The summed E-state index contributed by atoms with van der Waals surface area (Å²) >= 11 is 0. The Morgan fingerprint density at radius 2 is 1.71 bits per heavy atom. The predicted molar refractivity (Wildman–Crippen MR) is 160 cm³/mol. The van der Waals surface area contributed by atoms with Crippen molar-refractivity contribution in [3.63, 3.8) is 0 Å². The van der Waals surface area contributed by atoms with Gasteiger partial charge in [-0.1, -0.05) is 67.4 Å². The van der Waals surface area contributed by atoms with Crippen LogP contribution >= 0.6 is 0 Å². The van der Waals surface area contributed by atoms with Gasteiger partial charge < -0.3 is 9.72 Å². The minimum absolute atomic E-state index is 0.126. The fourth-order valence-corrected chi connectivity index (χ4v) is 5.97. The van der Waals surface area contributed by atoms with E-state index < -0.39 is 6.04 Å². The summed E-state index contributed by atoms with van der Waals surface area (Å²) in [4.78, 5) is 19.3. The van der Waals surface area contributed by atoms with Gasteiger partial charge in [0.25, 0.3) is 5.56 Å². The van der Waals surface area contributed by atoms with Gasteiger partial charge >= 0.3 is 0 Å². The lowest BCUT2D eigenvalue weighted by Gasteiger charge is -2.32. The van der Waals surface area contributed by atoms with Gasteiger partial charge in [-0.05, 0) is 83.5 Å². The number of rotatable bonds is 10. The first-order valence-corrected chi connectivity index (χ1v) is 14.5. The van der Waals surface area contributed by atoms with Gasteiger partial charge in [0.05, 0.1) is 12.6 Å². The summed E-state index contributed by atoms with van der Waals surface area (Å²) in [5.41, 5.74) is 4.70. The predicted octanol–water partition coefficient (Wildman–Crippen LogP) is 6.13. The number of hydrogen-bond acceptors (Lipinski definition) is 6. The lowest BCUT2D eigenvalue weighted by molar-refractivity contribution is 0.190. The number of fused-ring (bicyclic) bond motifs is 1. The van der Waals surface area contributed by atoms with E-state index in [4.69, 9.17) is 4.74 Å². The van der Waals surface area contributed by atoms with Crippen LogP contribution in [0.5, 0.6) is 5.75 Å². The molecule has 0 bridgehead atoms. The van der Waals surface area contributed by atoms with Crippen molar-refractivity contribution in [1.29, 1.82) is 0 Å². The molecular weight excluding hydrogens is 512 g/mol. The maximum Gasteiger partial charge on any atom is 0.253 e. The lowest BCUT2D eigenvalue weighted by atomic mass is 10.0. The first-order valence-electron chi connectivity index (χ1n) is 14.5. The van der Waals surface area contributed by atoms with Gasteiger partial charge in [0, 0.05) is 24.2 Å². The number of aromatic amines is 1. The Morgan fingerprint density at radius 3 is 2.44 bits per heavy atom. The summed E-state index contributed by atoms with van der Waals surface area (Å²) in [7, 11) is 0. The van der Waals surface area contributed by atoms with Crippen LogP contribution in [0.2, 0.25) is 0 Å². The third-order valence-corrected chi connectivity index (χ3v) is 7.97. The molecule has 1 N–H and O–H groups in total. The number of aromatic nitrogens is 5. The second-order valence-corrected chi connectivity index (χ2v) is 10.9. The highest BCUT2D eigenvalue weighted by molar-refractivity contribution is 5.79. The fourth-order valence-electron chi connectivity index (χ4n) is 5.97. The molecule has 0 radical (unpaired) electrons. The maximum absolute atomic E-state index is 13.9. The number of nitrogens with zero attached hydrogens (tertiary/aromatic N) is 5. The molecule has 8 nitrogen and oxygen atoms in total. The van der Waals surface area contributed by atoms with Gasteiger partial charge in [0.15, 0.2) is 5.82 Å². The molecular formula is C33H36N6O2. The van der Waals surface area contributed by atoms with E-state index in [0.29, 0.717) is 31.1 Å². The SMILES string of the molecule is CCOc1ccc(CN(Cc2ccccc2)[C@@H](c2cc3ccc(C)cc3[nH]c2=O)c2nnnn2C2CCCC2)cc1. The van der Waals surface area contributed by atoms with Crippen LogP contribution in [0, 0.1) is 6.92 Å². The molecule has 2 heterocycles. The summed E-state index contributed by atoms with van der Waals surface area (Å²) in [5.74, 6) is 1.55. The second-order valence-electron chi connectivity index (χ2n) is 10.9. The number of hydrogen-bond donors (Lipinski definition) is 1. The molecule has 0 aliphatic heterocycles. The van der Waals surface area contributed by atoms with Crippen molar-refractivity contribution in [2.75, 3.05) is 6.61 Å². The van der Waals surface area contributed by atoms with Crippen molar-refractivity contribution in [3.8, 4) is 5.75 Å². The van der Waals surface area contributed by atoms with E-state index in [1.165, 1.54) is 0 Å². The fraction of sp³-hybridized carbons (Fsp3) is 0.333. The minimum Gasteiger partial charge on any atom is -0.494 e. The molecule has 3 aromatic carbocycles. The van der Waals surface area contributed by atoms with Gasteiger partial charge in [-0.15, -0.1) is 5.10 Å². The number of tetrazole rings is 1. The Morgan fingerprint density at radius 1 is 0.976 bits per heavy atom. The molecule has 1 aliphatic carbocycles. The van der Waals surface area contributed by atoms with Crippen LogP contribution in [0.15, 0.2) is 83.7 Å². The van der Waals surface area contributed by atoms with E-state index >= 15 is 0 Å². The van der Waals surface area contributed by atoms with E-state index in [2.05, 4.69) is 61.8 Å². The average Bonchev–Trinajstić information content (AvgIpc) is 3.68. The molecule has 0 amide bonds. The van der Waals surface area contributed by atoms with Gasteiger partial charge in [-0.2, -0.15) is 0 Å². The highest BCUT2D eigenvalue weighted by Gasteiger charge is 2.33. The van der Waals surface area contributed by atoms with E-state index in [0.717, 1.165) is 59.0 Å². The van der Waals surface area contributed by atoms with Crippen molar-refractivity contribution in [2.24, 2.45) is 0 Å². The molecule has 5 aromatic rings. The van der Waals surface area contributed by atoms with Gasteiger partial charge in [0.2, 0.25) is 0 Å². The summed E-state index contributed by atoms with van der Waals surface area (Å²) in [6, 6.07) is 26.5. The number of ether oxygens (including phenoxy) is 1. The Balaban J connectivity index is 1.50. The van der Waals surface area contributed by atoms with E-state index in [-0.39, 0.29) is 11.6 Å². The van der Waals surface area contributed by atoms with Crippen LogP contribution in [-0.2, 0) is 13.1 Å². The van der Waals surface area contributed by atoms with Crippen LogP contribution < -0.4 is 10.3 Å². The zero-order valence-corrected chi connectivity index (χ0v) is 23.7. The molecule has 1 aliphatic rings. The van der Waals surface area contributed by atoms with Crippen LogP contribution in [0.1, 0.15) is 72.8 Å². The monoisotopic (exact) mass is 548 g/mol. The first kappa shape index (κ1) is 26.9. The van der Waals surface area contributed by atoms with Gasteiger partial charge in [-0.3, -0.25) is 9.69 Å².